The Morgan fingerprint density at radius 2 is 2.28 bits per heavy atom. The van der Waals surface area contributed by atoms with Crippen LogP contribution in [0.5, 0.6) is 11.5 Å². The summed E-state index contributed by atoms with van der Waals surface area (Å²) in [4.78, 5) is 11.0. The summed E-state index contributed by atoms with van der Waals surface area (Å²) < 4.78 is 10.4. The molecule has 0 amide bonds. The molecule has 2 heterocycles. The van der Waals surface area contributed by atoms with E-state index in [0.29, 0.717) is 27.8 Å². The molecule has 7 heteroatoms. The summed E-state index contributed by atoms with van der Waals surface area (Å²) in [7, 11) is 0. The summed E-state index contributed by atoms with van der Waals surface area (Å²) in [6.07, 6.45) is 1.25. The Morgan fingerprint density at radius 3 is 3.06 bits per heavy atom. The van der Waals surface area contributed by atoms with Crippen LogP contribution in [0.1, 0.15) is 10.4 Å². The Labute approximate surface area is 106 Å². The number of aromatic carboxylic acids is 1. The van der Waals surface area contributed by atoms with Gasteiger partial charge >= 0.3 is 5.97 Å². The maximum absolute atomic E-state index is 11.0. The van der Waals surface area contributed by atoms with Crippen LogP contribution in [0.25, 0.3) is 11.3 Å². The van der Waals surface area contributed by atoms with Gasteiger partial charge < -0.3 is 14.6 Å². The van der Waals surface area contributed by atoms with Gasteiger partial charge in [0.15, 0.2) is 11.5 Å². The lowest BCUT2D eigenvalue weighted by atomic mass is 10.1. The second-order valence-electron chi connectivity index (χ2n) is 3.66. The lowest BCUT2D eigenvalue weighted by Gasteiger charge is -2.04. The Bertz CT molecular complexity index is 638. The Hall–Kier alpha value is -2.21. The maximum Gasteiger partial charge on any atom is 0.339 e. The smallest absolute Gasteiger partial charge is 0.339 e. The summed E-state index contributed by atoms with van der Waals surface area (Å²) in [5.74, 6) is -0.104. The number of benzene rings is 1. The maximum atomic E-state index is 11.0. The molecule has 0 fully saturated rings. The number of carboxylic acid groups (broad SMARTS) is 1. The van der Waals surface area contributed by atoms with Gasteiger partial charge in [0.2, 0.25) is 6.79 Å². The van der Waals surface area contributed by atoms with E-state index in [1.54, 1.807) is 12.1 Å². The number of fused-ring (bicyclic) bond motifs is 1. The third kappa shape index (κ3) is 1.58. The van der Waals surface area contributed by atoms with E-state index in [1.807, 2.05) is 0 Å². The minimum absolute atomic E-state index is 0.0740. The highest BCUT2D eigenvalue weighted by Gasteiger charge is 2.21. The standard InChI is InChI=1S/C11H7ClN2O4/c12-7-1-5(2-8-10(7)18-4-17-8)9-6(11(15)16)3-13-14-9/h1-3H,4H2,(H,13,14)(H,15,16). The van der Waals surface area contributed by atoms with E-state index in [4.69, 9.17) is 26.2 Å². The quantitative estimate of drug-likeness (QED) is 0.870. The van der Waals surface area contributed by atoms with Crippen LogP contribution in [0, 0.1) is 0 Å². The number of carbonyl (C=O) groups is 1. The van der Waals surface area contributed by atoms with E-state index in [9.17, 15) is 4.79 Å². The van der Waals surface area contributed by atoms with E-state index < -0.39 is 5.97 Å². The van der Waals surface area contributed by atoms with Crippen molar-refractivity contribution in [3.8, 4) is 22.8 Å². The molecule has 0 spiro atoms. The fraction of sp³-hybridized carbons (Fsp3) is 0.0909. The second kappa shape index (κ2) is 3.92. The van der Waals surface area contributed by atoms with E-state index >= 15 is 0 Å². The Kier molecular flexibility index (Phi) is 2.38. The Morgan fingerprint density at radius 1 is 1.44 bits per heavy atom. The first-order valence-electron chi connectivity index (χ1n) is 5.03. The first kappa shape index (κ1) is 10.9. The number of nitrogens with one attached hydrogen (secondary N) is 1. The van der Waals surface area contributed by atoms with Crippen LogP contribution in [-0.2, 0) is 0 Å². The van der Waals surface area contributed by atoms with Gasteiger partial charge in [-0.2, -0.15) is 5.10 Å². The molecule has 0 saturated heterocycles. The number of aromatic nitrogens is 2. The predicted molar refractivity (Wildman–Crippen MR) is 62.1 cm³/mol. The van der Waals surface area contributed by atoms with Crippen LogP contribution in [0.4, 0.5) is 0 Å². The molecule has 92 valence electrons. The molecule has 0 unspecified atom stereocenters. The molecule has 1 aliphatic rings. The van der Waals surface area contributed by atoms with Crippen molar-refractivity contribution in [1.82, 2.24) is 10.2 Å². The Balaban J connectivity index is 2.15. The van der Waals surface area contributed by atoms with Crippen LogP contribution in [0.15, 0.2) is 18.3 Å². The predicted octanol–water partition coefficient (Wildman–Crippen LogP) is 2.16. The van der Waals surface area contributed by atoms with E-state index in [-0.39, 0.29) is 12.4 Å². The van der Waals surface area contributed by atoms with E-state index in [2.05, 4.69) is 10.2 Å². The molecule has 6 nitrogen and oxygen atoms in total. The summed E-state index contributed by atoms with van der Waals surface area (Å²) in [6, 6.07) is 3.27. The van der Waals surface area contributed by atoms with Crippen LogP contribution >= 0.6 is 11.6 Å². The number of rotatable bonds is 2. The van der Waals surface area contributed by atoms with Crippen molar-refractivity contribution in [1.29, 1.82) is 0 Å². The van der Waals surface area contributed by atoms with Crippen LogP contribution in [-0.4, -0.2) is 28.1 Å². The number of hydrogen-bond donors (Lipinski definition) is 2. The fourth-order valence-electron chi connectivity index (χ4n) is 1.78. The molecule has 2 aromatic rings. The highest BCUT2D eigenvalue weighted by molar-refractivity contribution is 6.32. The SMILES string of the molecule is O=C(O)c1cn[nH]c1-c1cc(Cl)c2c(c1)OCO2. The zero-order chi connectivity index (χ0) is 12.7. The zero-order valence-corrected chi connectivity index (χ0v) is 9.69. The van der Waals surface area contributed by atoms with Crippen molar-refractivity contribution in [2.24, 2.45) is 0 Å². The highest BCUT2D eigenvalue weighted by atomic mass is 35.5. The zero-order valence-electron chi connectivity index (χ0n) is 8.94. The third-order valence-electron chi connectivity index (χ3n) is 2.59. The fourth-order valence-corrected chi connectivity index (χ4v) is 2.05. The van der Waals surface area contributed by atoms with Crippen LogP contribution in [0.2, 0.25) is 5.02 Å². The van der Waals surface area contributed by atoms with Crippen molar-refractivity contribution >= 4 is 17.6 Å². The van der Waals surface area contributed by atoms with Crippen molar-refractivity contribution in [2.75, 3.05) is 6.79 Å². The average Bonchev–Trinajstić information content (AvgIpc) is 2.97. The van der Waals surface area contributed by atoms with Gasteiger partial charge in [0, 0.05) is 5.56 Å². The molecule has 0 aliphatic carbocycles. The minimum atomic E-state index is -1.06. The molecule has 1 aromatic heterocycles. The first-order chi connectivity index (χ1) is 8.66. The topological polar surface area (TPSA) is 84.4 Å². The lowest BCUT2D eigenvalue weighted by Crippen LogP contribution is -1.96. The number of ether oxygens (including phenoxy) is 2. The van der Waals surface area contributed by atoms with Gasteiger partial charge in [-0.05, 0) is 12.1 Å². The average molecular weight is 267 g/mol. The minimum Gasteiger partial charge on any atom is -0.478 e. The van der Waals surface area contributed by atoms with Gasteiger partial charge in [0.25, 0.3) is 0 Å². The van der Waals surface area contributed by atoms with Crippen molar-refractivity contribution < 1.29 is 19.4 Å². The van der Waals surface area contributed by atoms with Crippen molar-refractivity contribution in [3.63, 3.8) is 0 Å². The van der Waals surface area contributed by atoms with E-state index in [0.717, 1.165) is 0 Å². The number of hydrogen-bond acceptors (Lipinski definition) is 4. The van der Waals surface area contributed by atoms with Crippen molar-refractivity contribution in [2.45, 2.75) is 0 Å². The van der Waals surface area contributed by atoms with Gasteiger partial charge in [0.05, 0.1) is 16.9 Å². The number of H-pyrrole nitrogens is 1. The summed E-state index contributed by atoms with van der Waals surface area (Å²) in [5, 5.41) is 15.8. The summed E-state index contributed by atoms with van der Waals surface area (Å²) >= 11 is 6.04. The molecule has 0 saturated carbocycles. The molecule has 1 aromatic carbocycles. The molecular formula is C11H7ClN2O4. The molecule has 0 radical (unpaired) electrons. The second-order valence-corrected chi connectivity index (χ2v) is 4.06. The highest BCUT2D eigenvalue weighted by Crippen LogP contribution is 2.42. The largest absolute Gasteiger partial charge is 0.478 e. The molecule has 18 heavy (non-hydrogen) atoms. The number of nitrogens with zero attached hydrogens (tertiary/aromatic N) is 1. The molecule has 0 atom stereocenters. The van der Waals surface area contributed by atoms with Crippen LogP contribution in [0.3, 0.4) is 0 Å². The van der Waals surface area contributed by atoms with Crippen LogP contribution < -0.4 is 9.47 Å². The molecule has 3 rings (SSSR count). The molecule has 1 aliphatic heterocycles. The third-order valence-corrected chi connectivity index (χ3v) is 2.87. The normalized spacial score (nSPS) is 12.7. The number of aromatic amines is 1. The molecular weight excluding hydrogens is 260 g/mol. The van der Waals surface area contributed by atoms with E-state index in [1.165, 1.54) is 6.20 Å². The van der Waals surface area contributed by atoms with Gasteiger partial charge in [-0.25, -0.2) is 4.79 Å². The molecule has 2 N–H and O–H groups in total. The number of halogens is 1. The number of carboxylic acids is 1. The lowest BCUT2D eigenvalue weighted by molar-refractivity contribution is 0.0698. The van der Waals surface area contributed by atoms with Crippen molar-refractivity contribution in [3.05, 3.63) is 28.9 Å². The van der Waals surface area contributed by atoms with Gasteiger partial charge in [0.1, 0.15) is 5.56 Å². The van der Waals surface area contributed by atoms with Gasteiger partial charge in [-0.15, -0.1) is 0 Å². The first-order valence-corrected chi connectivity index (χ1v) is 5.41. The van der Waals surface area contributed by atoms with Gasteiger partial charge in [-0.1, -0.05) is 11.6 Å². The van der Waals surface area contributed by atoms with Gasteiger partial charge in [-0.3, -0.25) is 5.10 Å². The molecule has 0 bridgehead atoms. The summed E-state index contributed by atoms with van der Waals surface area (Å²) in [6.45, 7) is 0.104. The monoisotopic (exact) mass is 266 g/mol. The summed E-state index contributed by atoms with van der Waals surface area (Å²) in [5.41, 5.74) is 1.03.